The molecule has 1 amide bonds. The van der Waals surface area contributed by atoms with E-state index in [1.807, 2.05) is 6.92 Å². The van der Waals surface area contributed by atoms with Crippen molar-refractivity contribution >= 4 is 29.1 Å². The van der Waals surface area contributed by atoms with Gasteiger partial charge < -0.3 is 10.6 Å². The van der Waals surface area contributed by atoms with Gasteiger partial charge >= 0.3 is 0 Å². The van der Waals surface area contributed by atoms with Crippen molar-refractivity contribution in [2.24, 2.45) is 0 Å². The number of pyridine rings is 2. The van der Waals surface area contributed by atoms with E-state index in [4.69, 9.17) is 11.6 Å². The quantitative estimate of drug-likeness (QED) is 0.887. The van der Waals surface area contributed by atoms with Gasteiger partial charge in [-0.2, -0.15) is 0 Å². The van der Waals surface area contributed by atoms with Crippen LogP contribution in [0.2, 0.25) is 5.02 Å². The highest BCUT2D eigenvalue weighted by Gasteiger charge is 2.09. The van der Waals surface area contributed by atoms with Crippen molar-refractivity contribution < 1.29 is 4.79 Å². The highest BCUT2D eigenvalue weighted by atomic mass is 35.5. The molecule has 2 N–H and O–H groups in total. The molecule has 0 aliphatic rings. The molecular formula is C15H17ClN4O. The second kappa shape index (κ2) is 7.04. The minimum absolute atomic E-state index is 0.227. The van der Waals surface area contributed by atoms with E-state index >= 15 is 0 Å². The molecule has 0 atom stereocenters. The van der Waals surface area contributed by atoms with Crippen LogP contribution < -0.4 is 10.6 Å². The fourth-order valence-electron chi connectivity index (χ4n) is 1.78. The van der Waals surface area contributed by atoms with Gasteiger partial charge in [-0.15, -0.1) is 0 Å². The number of amides is 1. The zero-order valence-corrected chi connectivity index (χ0v) is 12.7. The Morgan fingerprint density at radius 1 is 1.29 bits per heavy atom. The van der Waals surface area contributed by atoms with Crippen molar-refractivity contribution in [2.45, 2.75) is 20.3 Å². The number of aromatic nitrogens is 2. The number of halogens is 1. The van der Waals surface area contributed by atoms with Gasteiger partial charge in [-0.25, -0.2) is 9.97 Å². The molecule has 0 radical (unpaired) electrons. The van der Waals surface area contributed by atoms with E-state index in [2.05, 4.69) is 27.5 Å². The Hall–Kier alpha value is -2.14. The lowest BCUT2D eigenvalue weighted by Gasteiger charge is -2.09. The number of carbonyl (C=O) groups is 1. The summed E-state index contributed by atoms with van der Waals surface area (Å²) in [5, 5.41) is 6.44. The van der Waals surface area contributed by atoms with E-state index in [9.17, 15) is 4.79 Å². The molecule has 0 saturated heterocycles. The first kappa shape index (κ1) is 15.3. The van der Waals surface area contributed by atoms with Crippen LogP contribution in [0.5, 0.6) is 0 Å². The Balaban J connectivity index is 2.14. The first-order valence-corrected chi connectivity index (χ1v) is 7.11. The predicted octanol–water partition coefficient (Wildman–Crippen LogP) is 3.51. The second-order valence-corrected chi connectivity index (χ2v) is 5.06. The van der Waals surface area contributed by atoms with Gasteiger partial charge in [0, 0.05) is 24.0 Å². The molecule has 2 aromatic heterocycles. The van der Waals surface area contributed by atoms with E-state index in [1.165, 1.54) is 6.20 Å². The zero-order chi connectivity index (χ0) is 15.2. The number of carbonyl (C=O) groups excluding carboxylic acids is 1. The average Bonchev–Trinajstić information content (AvgIpc) is 2.47. The van der Waals surface area contributed by atoms with Gasteiger partial charge in [0.25, 0.3) is 5.91 Å². The first-order valence-electron chi connectivity index (χ1n) is 6.74. The van der Waals surface area contributed by atoms with Crippen LogP contribution in [0.15, 0.2) is 30.5 Å². The number of hydrogen-bond acceptors (Lipinski definition) is 4. The summed E-state index contributed by atoms with van der Waals surface area (Å²) in [5.41, 5.74) is 1.32. The van der Waals surface area contributed by atoms with Gasteiger partial charge in [-0.1, -0.05) is 18.5 Å². The van der Waals surface area contributed by atoms with Gasteiger partial charge in [-0.3, -0.25) is 4.79 Å². The third kappa shape index (κ3) is 4.43. The first-order chi connectivity index (χ1) is 10.1. The van der Waals surface area contributed by atoms with Crippen LogP contribution in [0.25, 0.3) is 0 Å². The molecule has 2 heterocycles. The molecule has 2 rings (SSSR count). The smallest absolute Gasteiger partial charge is 0.257 e. The molecule has 5 nitrogen and oxygen atoms in total. The summed E-state index contributed by atoms with van der Waals surface area (Å²) in [7, 11) is 0. The van der Waals surface area contributed by atoms with E-state index in [0.717, 1.165) is 18.7 Å². The summed E-state index contributed by atoms with van der Waals surface area (Å²) in [6.45, 7) is 4.74. The lowest BCUT2D eigenvalue weighted by atomic mass is 10.2. The molecule has 0 unspecified atom stereocenters. The van der Waals surface area contributed by atoms with Crippen molar-refractivity contribution in [3.8, 4) is 0 Å². The summed E-state index contributed by atoms with van der Waals surface area (Å²) in [5.74, 6) is 0.933. The summed E-state index contributed by atoms with van der Waals surface area (Å²) < 4.78 is 0. The summed E-state index contributed by atoms with van der Waals surface area (Å²) >= 11 is 5.76. The van der Waals surface area contributed by atoms with Crippen LogP contribution in [0.3, 0.4) is 0 Å². The second-order valence-electron chi connectivity index (χ2n) is 4.63. The molecule has 0 aliphatic carbocycles. The van der Waals surface area contributed by atoms with Gasteiger partial charge in [0.05, 0.1) is 5.02 Å². The number of nitrogens with one attached hydrogen (secondary N) is 2. The lowest BCUT2D eigenvalue weighted by Crippen LogP contribution is -2.14. The van der Waals surface area contributed by atoms with Crippen molar-refractivity contribution in [1.29, 1.82) is 0 Å². The molecule has 0 bridgehead atoms. The monoisotopic (exact) mass is 304 g/mol. The third-order valence-corrected chi connectivity index (χ3v) is 2.96. The number of hydrogen-bond donors (Lipinski definition) is 2. The van der Waals surface area contributed by atoms with Crippen LogP contribution in [0.1, 0.15) is 29.4 Å². The van der Waals surface area contributed by atoms with Crippen LogP contribution in [-0.2, 0) is 0 Å². The van der Waals surface area contributed by atoms with Crippen LogP contribution >= 0.6 is 11.6 Å². The lowest BCUT2D eigenvalue weighted by molar-refractivity contribution is 0.102. The van der Waals surface area contributed by atoms with Crippen molar-refractivity contribution in [3.05, 3.63) is 46.7 Å². The third-order valence-electron chi connectivity index (χ3n) is 2.74. The summed E-state index contributed by atoms with van der Waals surface area (Å²) in [4.78, 5) is 20.6. The van der Waals surface area contributed by atoms with Crippen molar-refractivity contribution in [1.82, 2.24) is 9.97 Å². The molecule has 0 saturated carbocycles. The Morgan fingerprint density at radius 2 is 2.10 bits per heavy atom. The Labute approximate surface area is 128 Å². The maximum Gasteiger partial charge on any atom is 0.257 e. The fourth-order valence-corrected chi connectivity index (χ4v) is 1.89. The number of anilines is 2. The van der Waals surface area contributed by atoms with E-state index in [1.54, 1.807) is 24.3 Å². The predicted molar refractivity (Wildman–Crippen MR) is 85.0 cm³/mol. The number of aryl methyl sites for hydroxylation is 1. The van der Waals surface area contributed by atoms with Crippen LogP contribution in [0, 0.1) is 6.92 Å². The molecule has 110 valence electrons. The zero-order valence-electron chi connectivity index (χ0n) is 12.0. The maximum absolute atomic E-state index is 12.2. The molecular weight excluding hydrogens is 288 g/mol. The number of nitrogens with zero attached hydrogens (tertiary/aromatic N) is 2. The van der Waals surface area contributed by atoms with Crippen LogP contribution in [-0.4, -0.2) is 22.4 Å². The molecule has 0 spiro atoms. The highest BCUT2D eigenvalue weighted by Crippen LogP contribution is 2.14. The fraction of sp³-hybridized carbons (Fsp3) is 0.267. The Morgan fingerprint density at radius 3 is 2.76 bits per heavy atom. The van der Waals surface area contributed by atoms with Crippen LogP contribution in [0.4, 0.5) is 11.6 Å². The molecule has 0 aliphatic heterocycles. The molecule has 0 fully saturated rings. The standard InChI is InChI=1S/C15H17ClN4O/c1-3-6-17-14-8-11(7-10(2)19-14)15(21)20-13-5-4-12(16)9-18-13/h4-5,7-9H,3,6H2,1-2H3,(H,17,19)(H,18,20,21). The molecule has 0 aromatic carbocycles. The average molecular weight is 305 g/mol. The Bertz CT molecular complexity index is 628. The minimum atomic E-state index is -0.227. The SMILES string of the molecule is CCCNc1cc(C(=O)Nc2ccc(Cl)cn2)cc(C)n1. The molecule has 21 heavy (non-hydrogen) atoms. The highest BCUT2D eigenvalue weighted by molar-refractivity contribution is 6.30. The van der Waals surface area contributed by atoms with E-state index < -0.39 is 0 Å². The largest absolute Gasteiger partial charge is 0.370 e. The van der Waals surface area contributed by atoms with Gasteiger partial charge in [0.15, 0.2) is 0 Å². The van der Waals surface area contributed by atoms with Gasteiger partial charge in [0.2, 0.25) is 0 Å². The maximum atomic E-state index is 12.2. The van der Waals surface area contributed by atoms with Crippen molar-refractivity contribution in [3.63, 3.8) is 0 Å². The topological polar surface area (TPSA) is 66.9 Å². The summed E-state index contributed by atoms with van der Waals surface area (Å²) in [6.07, 6.45) is 2.48. The Kier molecular flexibility index (Phi) is 5.11. The van der Waals surface area contributed by atoms with Gasteiger partial charge in [0.1, 0.15) is 11.6 Å². The number of rotatable bonds is 5. The summed E-state index contributed by atoms with van der Waals surface area (Å²) in [6, 6.07) is 6.80. The molecule has 6 heteroatoms. The van der Waals surface area contributed by atoms with E-state index in [-0.39, 0.29) is 5.91 Å². The minimum Gasteiger partial charge on any atom is -0.370 e. The normalized spacial score (nSPS) is 10.2. The van der Waals surface area contributed by atoms with E-state index in [0.29, 0.717) is 22.2 Å². The van der Waals surface area contributed by atoms with Crippen molar-refractivity contribution in [2.75, 3.05) is 17.2 Å². The molecule has 2 aromatic rings. The van der Waals surface area contributed by atoms with Gasteiger partial charge in [-0.05, 0) is 37.6 Å².